The van der Waals surface area contributed by atoms with Crippen molar-refractivity contribution in [2.75, 3.05) is 32.7 Å². The molecule has 1 heterocycles. The van der Waals surface area contributed by atoms with Crippen molar-refractivity contribution in [2.45, 2.75) is 31.8 Å². The molecule has 0 bridgehead atoms. The van der Waals surface area contributed by atoms with Gasteiger partial charge in [-0.1, -0.05) is 18.2 Å². The van der Waals surface area contributed by atoms with Gasteiger partial charge in [0.15, 0.2) is 0 Å². The average molecular weight is 260 g/mol. The van der Waals surface area contributed by atoms with E-state index in [0.717, 1.165) is 31.8 Å². The average Bonchev–Trinajstić information content (AvgIpc) is 2.43. The Hall–Kier alpha value is -1.06. The second-order valence-corrected chi connectivity index (χ2v) is 5.62. The molecule has 1 aliphatic heterocycles. The van der Waals surface area contributed by atoms with Crippen LogP contribution in [-0.2, 0) is 6.42 Å². The molecule has 3 rings (SSSR count). The minimum atomic E-state index is 0.473. The van der Waals surface area contributed by atoms with Gasteiger partial charge in [-0.25, -0.2) is 0 Å². The first-order chi connectivity index (χ1) is 9.42. The van der Waals surface area contributed by atoms with Crippen LogP contribution < -0.4 is 10.1 Å². The standard InChI is InChI=1S/C16H24N2O/c1-2-7-16(19-15-5-3-6-15)14(4-1)8-11-18-12-9-17-10-13-18/h1-2,4,7,15,17H,3,5-6,8-13H2. The molecular weight excluding hydrogens is 236 g/mol. The summed E-state index contributed by atoms with van der Waals surface area (Å²) in [6.45, 7) is 5.74. The van der Waals surface area contributed by atoms with Gasteiger partial charge in [-0.2, -0.15) is 0 Å². The lowest BCUT2D eigenvalue weighted by Gasteiger charge is -2.29. The van der Waals surface area contributed by atoms with E-state index in [-0.39, 0.29) is 0 Å². The fourth-order valence-electron chi connectivity index (χ4n) is 2.71. The van der Waals surface area contributed by atoms with Gasteiger partial charge in [0.05, 0.1) is 6.10 Å². The fourth-order valence-corrected chi connectivity index (χ4v) is 2.71. The van der Waals surface area contributed by atoms with Crippen molar-refractivity contribution in [1.82, 2.24) is 10.2 Å². The Morgan fingerprint density at radius 1 is 1.16 bits per heavy atom. The van der Waals surface area contributed by atoms with Crippen LogP contribution in [-0.4, -0.2) is 43.7 Å². The Morgan fingerprint density at radius 2 is 1.95 bits per heavy atom. The van der Waals surface area contributed by atoms with Crippen LogP contribution in [0.5, 0.6) is 5.75 Å². The second kappa shape index (κ2) is 6.40. The fraction of sp³-hybridized carbons (Fsp3) is 0.625. The van der Waals surface area contributed by atoms with Crippen molar-refractivity contribution in [2.24, 2.45) is 0 Å². The van der Waals surface area contributed by atoms with Gasteiger partial charge in [0.25, 0.3) is 0 Å². The molecule has 19 heavy (non-hydrogen) atoms. The monoisotopic (exact) mass is 260 g/mol. The lowest BCUT2D eigenvalue weighted by molar-refractivity contribution is 0.118. The van der Waals surface area contributed by atoms with E-state index in [1.165, 1.54) is 37.9 Å². The zero-order chi connectivity index (χ0) is 12.9. The summed E-state index contributed by atoms with van der Waals surface area (Å²) in [5.74, 6) is 1.11. The van der Waals surface area contributed by atoms with E-state index in [2.05, 4.69) is 34.5 Å². The lowest BCUT2D eigenvalue weighted by atomic mass is 9.96. The molecule has 2 fully saturated rings. The number of hydrogen-bond acceptors (Lipinski definition) is 3. The van der Waals surface area contributed by atoms with E-state index in [1.54, 1.807) is 0 Å². The summed E-state index contributed by atoms with van der Waals surface area (Å²) >= 11 is 0. The molecule has 0 amide bonds. The van der Waals surface area contributed by atoms with Gasteiger partial charge in [0.2, 0.25) is 0 Å². The van der Waals surface area contributed by atoms with E-state index >= 15 is 0 Å². The SMILES string of the molecule is c1ccc(OC2CCC2)c(CCN2CCNCC2)c1. The highest BCUT2D eigenvalue weighted by molar-refractivity contribution is 5.33. The summed E-state index contributed by atoms with van der Waals surface area (Å²) in [6.07, 6.45) is 5.36. The predicted octanol–water partition coefficient (Wildman–Crippen LogP) is 2.07. The molecule has 0 atom stereocenters. The number of para-hydroxylation sites is 1. The lowest BCUT2D eigenvalue weighted by Crippen LogP contribution is -2.44. The molecule has 1 N–H and O–H groups in total. The van der Waals surface area contributed by atoms with Crippen molar-refractivity contribution >= 4 is 0 Å². The number of rotatable bonds is 5. The molecule has 3 heteroatoms. The molecule has 1 saturated carbocycles. The van der Waals surface area contributed by atoms with Crippen LogP contribution in [0, 0.1) is 0 Å². The molecule has 1 aliphatic carbocycles. The molecule has 2 aliphatic rings. The molecule has 0 radical (unpaired) electrons. The van der Waals surface area contributed by atoms with Crippen LogP contribution in [0.15, 0.2) is 24.3 Å². The number of ether oxygens (including phenoxy) is 1. The minimum absolute atomic E-state index is 0.473. The largest absolute Gasteiger partial charge is 0.490 e. The van der Waals surface area contributed by atoms with Crippen molar-refractivity contribution in [3.63, 3.8) is 0 Å². The third-order valence-corrected chi connectivity index (χ3v) is 4.23. The van der Waals surface area contributed by atoms with E-state index in [9.17, 15) is 0 Å². The first-order valence-electron chi connectivity index (χ1n) is 7.59. The second-order valence-electron chi connectivity index (χ2n) is 5.62. The smallest absolute Gasteiger partial charge is 0.122 e. The summed E-state index contributed by atoms with van der Waals surface area (Å²) in [5.41, 5.74) is 1.37. The minimum Gasteiger partial charge on any atom is -0.490 e. The number of nitrogens with one attached hydrogen (secondary N) is 1. The highest BCUT2D eigenvalue weighted by Gasteiger charge is 2.20. The number of piperazine rings is 1. The molecule has 0 spiro atoms. The van der Waals surface area contributed by atoms with Crippen molar-refractivity contribution in [1.29, 1.82) is 0 Å². The third kappa shape index (κ3) is 3.48. The van der Waals surface area contributed by atoms with Gasteiger partial charge in [-0.05, 0) is 37.3 Å². The van der Waals surface area contributed by atoms with E-state index < -0.39 is 0 Å². The van der Waals surface area contributed by atoms with Gasteiger partial charge in [-0.15, -0.1) is 0 Å². The Kier molecular flexibility index (Phi) is 4.36. The highest BCUT2D eigenvalue weighted by Crippen LogP contribution is 2.27. The molecule has 1 aromatic rings. The topological polar surface area (TPSA) is 24.5 Å². The molecule has 3 nitrogen and oxygen atoms in total. The van der Waals surface area contributed by atoms with Crippen molar-refractivity contribution in [3.8, 4) is 5.75 Å². The third-order valence-electron chi connectivity index (χ3n) is 4.23. The van der Waals surface area contributed by atoms with Crippen LogP contribution in [0.1, 0.15) is 24.8 Å². The highest BCUT2D eigenvalue weighted by atomic mass is 16.5. The Labute approximate surface area is 115 Å². The van der Waals surface area contributed by atoms with Gasteiger partial charge in [-0.3, -0.25) is 0 Å². The predicted molar refractivity (Wildman–Crippen MR) is 77.7 cm³/mol. The van der Waals surface area contributed by atoms with Crippen LogP contribution in [0.2, 0.25) is 0 Å². The van der Waals surface area contributed by atoms with Gasteiger partial charge >= 0.3 is 0 Å². The summed E-state index contributed by atoms with van der Waals surface area (Å²) in [4.78, 5) is 2.54. The van der Waals surface area contributed by atoms with E-state index in [4.69, 9.17) is 4.74 Å². The number of hydrogen-bond donors (Lipinski definition) is 1. The first kappa shape index (κ1) is 12.9. The normalized spacial score (nSPS) is 21.1. The maximum Gasteiger partial charge on any atom is 0.122 e. The molecule has 104 valence electrons. The molecule has 0 unspecified atom stereocenters. The summed E-state index contributed by atoms with van der Waals surface area (Å²) < 4.78 is 6.09. The Morgan fingerprint density at radius 3 is 2.68 bits per heavy atom. The van der Waals surface area contributed by atoms with Crippen molar-refractivity contribution < 1.29 is 4.74 Å². The van der Waals surface area contributed by atoms with Gasteiger partial charge < -0.3 is 15.0 Å². The first-order valence-corrected chi connectivity index (χ1v) is 7.59. The van der Waals surface area contributed by atoms with E-state index in [1.807, 2.05) is 0 Å². The maximum absolute atomic E-state index is 6.09. The number of nitrogens with zero attached hydrogens (tertiary/aromatic N) is 1. The zero-order valence-electron chi connectivity index (χ0n) is 11.6. The van der Waals surface area contributed by atoms with Crippen LogP contribution in [0.3, 0.4) is 0 Å². The summed E-state index contributed by atoms with van der Waals surface area (Å²) in [6, 6.07) is 8.56. The van der Waals surface area contributed by atoms with Crippen LogP contribution in [0.25, 0.3) is 0 Å². The Bertz CT molecular complexity index is 397. The maximum atomic E-state index is 6.09. The summed E-state index contributed by atoms with van der Waals surface area (Å²) in [5, 5.41) is 3.40. The van der Waals surface area contributed by atoms with Crippen LogP contribution in [0.4, 0.5) is 0 Å². The molecular formula is C16H24N2O. The van der Waals surface area contributed by atoms with Gasteiger partial charge in [0, 0.05) is 32.7 Å². The molecule has 0 aromatic heterocycles. The molecule has 1 aromatic carbocycles. The van der Waals surface area contributed by atoms with E-state index in [0.29, 0.717) is 6.10 Å². The quantitative estimate of drug-likeness (QED) is 0.877. The number of benzene rings is 1. The summed E-state index contributed by atoms with van der Waals surface area (Å²) in [7, 11) is 0. The van der Waals surface area contributed by atoms with Crippen LogP contribution >= 0.6 is 0 Å². The zero-order valence-corrected chi connectivity index (χ0v) is 11.6. The van der Waals surface area contributed by atoms with Crippen molar-refractivity contribution in [3.05, 3.63) is 29.8 Å². The van der Waals surface area contributed by atoms with Gasteiger partial charge in [0.1, 0.15) is 5.75 Å². The Balaban J connectivity index is 1.56. The molecule has 1 saturated heterocycles.